The summed E-state index contributed by atoms with van der Waals surface area (Å²) < 4.78 is 5.66. The molecule has 134 valence electrons. The molecule has 3 rings (SSSR count). The van der Waals surface area contributed by atoms with Crippen LogP contribution in [0.5, 0.6) is 0 Å². The van der Waals surface area contributed by atoms with Crippen LogP contribution in [0.1, 0.15) is 48.1 Å². The number of aryl methyl sites for hydroxylation is 1. The largest absolute Gasteiger partial charge is 0.419 e. The number of carbonyl (C=O) groups excluding carboxylic acids is 1. The van der Waals surface area contributed by atoms with Gasteiger partial charge in [0.2, 0.25) is 11.8 Å². The Labute approximate surface area is 153 Å². The Morgan fingerprint density at radius 1 is 1.04 bits per heavy atom. The van der Waals surface area contributed by atoms with E-state index in [1.54, 1.807) is 0 Å². The van der Waals surface area contributed by atoms with Crippen molar-refractivity contribution in [2.45, 2.75) is 39.7 Å². The van der Waals surface area contributed by atoms with Gasteiger partial charge < -0.3 is 9.73 Å². The Kier molecular flexibility index (Phi) is 4.89. The lowest BCUT2D eigenvalue weighted by Gasteiger charge is -2.18. The second kappa shape index (κ2) is 7.12. The molecule has 0 unspecified atom stereocenters. The van der Waals surface area contributed by atoms with Crippen LogP contribution in [-0.4, -0.2) is 16.1 Å². The molecule has 1 N–H and O–H groups in total. The zero-order valence-corrected chi connectivity index (χ0v) is 15.5. The highest BCUT2D eigenvalue weighted by molar-refractivity contribution is 5.94. The van der Waals surface area contributed by atoms with Crippen LogP contribution in [-0.2, 0) is 12.0 Å². The van der Waals surface area contributed by atoms with E-state index in [4.69, 9.17) is 4.42 Å². The van der Waals surface area contributed by atoms with Gasteiger partial charge in [-0.3, -0.25) is 4.79 Å². The summed E-state index contributed by atoms with van der Waals surface area (Å²) in [6.07, 6.45) is 0. The molecule has 0 aliphatic rings. The van der Waals surface area contributed by atoms with Crippen LogP contribution in [0, 0.1) is 6.92 Å². The summed E-state index contributed by atoms with van der Waals surface area (Å²) in [6.45, 7) is 8.61. The van der Waals surface area contributed by atoms with Gasteiger partial charge in [-0.1, -0.05) is 51.1 Å². The highest BCUT2D eigenvalue weighted by Crippen LogP contribution is 2.23. The summed E-state index contributed by atoms with van der Waals surface area (Å²) in [5, 5.41) is 10.9. The van der Waals surface area contributed by atoms with E-state index in [1.165, 1.54) is 5.56 Å². The smallest absolute Gasteiger partial charge is 0.251 e. The first kappa shape index (κ1) is 17.9. The van der Waals surface area contributed by atoms with Crippen molar-refractivity contribution in [3.05, 3.63) is 71.1 Å². The number of rotatable bonds is 4. The van der Waals surface area contributed by atoms with Crippen molar-refractivity contribution in [1.29, 1.82) is 0 Å². The third-order valence-electron chi connectivity index (χ3n) is 4.26. The number of hydrogen-bond acceptors (Lipinski definition) is 4. The molecule has 0 bridgehead atoms. The van der Waals surface area contributed by atoms with Gasteiger partial charge in [0.15, 0.2) is 0 Å². The minimum Gasteiger partial charge on any atom is -0.419 e. The van der Waals surface area contributed by atoms with Gasteiger partial charge in [0.1, 0.15) is 0 Å². The maximum atomic E-state index is 12.3. The predicted octanol–water partition coefficient (Wildman–Crippen LogP) is 4.27. The van der Waals surface area contributed by atoms with Crippen molar-refractivity contribution in [3.63, 3.8) is 0 Å². The average molecular weight is 349 g/mol. The van der Waals surface area contributed by atoms with Crippen molar-refractivity contribution in [1.82, 2.24) is 15.5 Å². The van der Waals surface area contributed by atoms with E-state index in [0.29, 0.717) is 17.3 Å². The van der Waals surface area contributed by atoms with E-state index in [1.807, 2.05) is 55.5 Å². The first-order valence-electron chi connectivity index (χ1n) is 8.62. The van der Waals surface area contributed by atoms with Crippen LogP contribution < -0.4 is 5.32 Å². The van der Waals surface area contributed by atoms with E-state index in [0.717, 1.165) is 11.1 Å². The number of hydrogen-bond donors (Lipinski definition) is 1. The highest BCUT2D eigenvalue weighted by atomic mass is 16.4. The van der Waals surface area contributed by atoms with Crippen LogP contribution in [0.4, 0.5) is 0 Å². The lowest BCUT2D eigenvalue weighted by atomic mass is 9.87. The number of carbonyl (C=O) groups is 1. The van der Waals surface area contributed by atoms with E-state index in [-0.39, 0.29) is 17.9 Å². The minimum absolute atomic E-state index is 0.0603. The van der Waals surface area contributed by atoms with Crippen LogP contribution in [0.2, 0.25) is 0 Å². The molecular weight excluding hydrogens is 326 g/mol. The summed E-state index contributed by atoms with van der Waals surface area (Å²) in [7, 11) is 0. The zero-order chi connectivity index (χ0) is 18.7. The van der Waals surface area contributed by atoms with Gasteiger partial charge in [0.05, 0.1) is 6.54 Å². The number of benzene rings is 2. The van der Waals surface area contributed by atoms with Gasteiger partial charge in [-0.2, -0.15) is 0 Å². The number of nitrogens with one attached hydrogen (secondary N) is 1. The fourth-order valence-electron chi connectivity index (χ4n) is 2.63. The fourth-order valence-corrected chi connectivity index (χ4v) is 2.63. The lowest BCUT2D eigenvalue weighted by molar-refractivity contribution is 0.0947. The monoisotopic (exact) mass is 349 g/mol. The molecule has 1 heterocycles. The van der Waals surface area contributed by atoms with Gasteiger partial charge in [0, 0.05) is 11.1 Å². The second-order valence-corrected chi connectivity index (χ2v) is 7.33. The molecule has 0 spiro atoms. The molecule has 0 saturated heterocycles. The molecule has 1 amide bonds. The molecule has 5 heteroatoms. The van der Waals surface area contributed by atoms with E-state index < -0.39 is 0 Å². The Morgan fingerprint density at radius 2 is 1.73 bits per heavy atom. The SMILES string of the molecule is Cc1ccccc1-c1nnc(CNC(=O)c2ccc(C(C)(C)C)cc2)o1. The lowest BCUT2D eigenvalue weighted by Crippen LogP contribution is -2.23. The van der Waals surface area contributed by atoms with E-state index >= 15 is 0 Å². The first-order valence-corrected chi connectivity index (χ1v) is 8.62. The summed E-state index contributed by atoms with van der Waals surface area (Å²) in [5.74, 6) is 0.672. The Balaban J connectivity index is 1.64. The molecule has 3 aromatic rings. The third kappa shape index (κ3) is 3.99. The van der Waals surface area contributed by atoms with Crippen molar-refractivity contribution >= 4 is 5.91 Å². The normalized spacial score (nSPS) is 11.4. The molecular formula is C21H23N3O2. The van der Waals surface area contributed by atoms with Crippen LogP contribution in [0.15, 0.2) is 52.9 Å². The second-order valence-electron chi connectivity index (χ2n) is 7.33. The van der Waals surface area contributed by atoms with Crippen molar-refractivity contribution in [2.24, 2.45) is 0 Å². The van der Waals surface area contributed by atoms with Crippen LogP contribution in [0.25, 0.3) is 11.5 Å². The third-order valence-corrected chi connectivity index (χ3v) is 4.26. The predicted molar refractivity (Wildman–Crippen MR) is 101 cm³/mol. The van der Waals surface area contributed by atoms with Gasteiger partial charge in [-0.15, -0.1) is 10.2 Å². The number of amides is 1. The number of nitrogens with zero attached hydrogens (tertiary/aromatic N) is 2. The summed E-state index contributed by atoms with van der Waals surface area (Å²) >= 11 is 0. The van der Waals surface area contributed by atoms with Gasteiger partial charge >= 0.3 is 0 Å². The number of aromatic nitrogens is 2. The van der Waals surface area contributed by atoms with Gasteiger partial charge in [-0.05, 0) is 41.7 Å². The first-order chi connectivity index (χ1) is 12.3. The molecule has 0 atom stereocenters. The van der Waals surface area contributed by atoms with Gasteiger partial charge in [-0.25, -0.2) is 0 Å². The topological polar surface area (TPSA) is 68.0 Å². The fraction of sp³-hybridized carbons (Fsp3) is 0.286. The highest BCUT2D eigenvalue weighted by Gasteiger charge is 2.15. The van der Waals surface area contributed by atoms with Crippen LogP contribution in [0.3, 0.4) is 0 Å². The standard InChI is InChI=1S/C21H23N3O2/c1-14-7-5-6-8-17(14)20-24-23-18(26-20)13-22-19(25)15-9-11-16(12-10-15)21(2,3)4/h5-12H,13H2,1-4H3,(H,22,25). The zero-order valence-electron chi connectivity index (χ0n) is 15.5. The van der Waals surface area contributed by atoms with Crippen LogP contribution >= 0.6 is 0 Å². The quantitative estimate of drug-likeness (QED) is 0.764. The molecule has 0 saturated carbocycles. The molecule has 5 nitrogen and oxygen atoms in total. The van der Waals surface area contributed by atoms with Crippen molar-refractivity contribution in [2.75, 3.05) is 0 Å². The molecule has 2 aromatic carbocycles. The summed E-state index contributed by atoms with van der Waals surface area (Å²) in [5.41, 5.74) is 3.82. The maximum Gasteiger partial charge on any atom is 0.251 e. The Morgan fingerprint density at radius 3 is 2.38 bits per heavy atom. The van der Waals surface area contributed by atoms with E-state index in [2.05, 4.69) is 36.3 Å². The summed E-state index contributed by atoms with van der Waals surface area (Å²) in [6, 6.07) is 15.4. The molecule has 0 fully saturated rings. The Bertz CT molecular complexity index is 906. The van der Waals surface area contributed by atoms with Crippen molar-refractivity contribution in [3.8, 4) is 11.5 Å². The van der Waals surface area contributed by atoms with Crippen molar-refractivity contribution < 1.29 is 9.21 Å². The van der Waals surface area contributed by atoms with Gasteiger partial charge in [0.25, 0.3) is 5.91 Å². The molecule has 1 aromatic heterocycles. The molecule has 26 heavy (non-hydrogen) atoms. The molecule has 0 aliphatic carbocycles. The Hall–Kier alpha value is -2.95. The molecule has 0 aliphatic heterocycles. The minimum atomic E-state index is -0.166. The van der Waals surface area contributed by atoms with E-state index in [9.17, 15) is 4.79 Å². The summed E-state index contributed by atoms with van der Waals surface area (Å²) in [4.78, 5) is 12.3. The maximum absolute atomic E-state index is 12.3. The average Bonchev–Trinajstić information content (AvgIpc) is 3.08. The molecule has 0 radical (unpaired) electrons.